The maximum absolute atomic E-state index is 2.46. The molecule has 0 amide bonds. The maximum Gasteiger partial charge on any atom is 0.0443 e. The summed E-state index contributed by atoms with van der Waals surface area (Å²) < 4.78 is 0. The molecular formula is C17H24N2. The monoisotopic (exact) mass is 256 g/mol. The third-order valence-electron chi connectivity index (χ3n) is 3.82. The van der Waals surface area contributed by atoms with E-state index in [0.717, 1.165) is 26.2 Å². The van der Waals surface area contributed by atoms with Crippen molar-refractivity contribution < 1.29 is 0 Å². The number of fused-ring (bicyclic) bond motifs is 1. The Morgan fingerprint density at radius 1 is 0.842 bits per heavy atom. The molecule has 0 saturated heterocycles. The molecule has 0 heterocycles. The first kappa shape index (κ1) is 13.9. The van der Waals surface area contributed by atoms with Crippen LogP contribution in [0.5, 0.6) is 0 Å². The Morgan fingerprint density at radius 3 is 2.26 bits per heavy atom. The van der Waals surface area contributed by atoms with E-state index in [1.807, 2.05) is 0 Å². The van der Waals surface area contributed by atoms with Crippen LogP contribution < -0.4 is 4.90 Å². The summed E-state index contributed by atoms with van der Waals surface area (Å²) in [6.45, 7) is 8.88. The molecule has 0 aliphatic carbocycles. The number of rotatable bonds is 6. The van der Waals surface area contributed by atoms with Crippen LogP contribution >= 0.6 is 0 Å². The van der Waals surface area contributed by atoms with Gasteiger partial charge in [-0.3, -0.25) is 0 Å². The molecule has 0 radical (unpaired) electrons. The average molecular weight is 256 g/mol. The van der Waals surface area contributed by atoms with Gasteiger partial charge in [0.05, 0.1) is 0 Å². The van der Waals surface area contributed by atoms with E-state index >= 15 is 0 Å². The SMILES string of the molecule is CCN(CC)CCN(C)c1cccc2ccccc12. The number of anilines is 1. The van der Waals surface area contributed by atoms with E-state index in [2.05, 4.69) is 73.2 Å². The Bertz CT molecular complexity index is 512. The molecule has 2 rings (SSSR count). The zero-order chi connectivity index (χ0) is 13.7. The Balaban J connectivity index is 2.15. The summed E-state index contributed by atoms with van der Waals surface area (Å²) >= 11 is 0. The van der Waals surface area contributed by atoms with E-state index < -0.39 is 0 Å². The zero-order valence-corrected chi connectivity index (χ0v) is 12.3. The molecular weight excluding hydrogens is 232 g/mol. The van der Waals surface area contributed by atoms with Gasteiger partial charge in [0.15, 0.2) is 0 Å². The lowest BCUT2D eigenvalue weighted by Gasteiger charge is -2.25. The lowest BCUT2D eigenvalue weighted by molar-refractivity contribution is 0.311. The normalized spacial score (nSPS) is 11.2. The molecule has 0 aromatic heterocycles. The van der Waals surface area contributed by atoms with Crippen LogP contribution in [0.25, 0.3) is 10.8 Å². The Labute approximate surface area is 116 Å². The van der Waals surface area contributed by atoms with Crippen molar-refractivity contribution in [3.63, 3.8) is 0 Å². The van der Waals surface area contributed by atoms with Gasteiger partial charge >= 0.3 is 0 Å². The topological polar surface area (TPSA) is 6.48 Å². The fraction of sp³-hybridized carbons (Fsp3) is 0.412. The van der Waals surface area contributed by atoms with Gasteiger partial charge in [-0.15, -0.1) is 0 Å². The average Bonchev–Trinajstić information content (AvgIpc) is 2.47. The van der Waals surface area contributed by atoms with Gasteiger partial charge in [-0.2, -0.15) is 0 Å². The van der Waals surface area contributed by atoms with Crippen LogP contribution in [0.15, 0.2) is 42.5 Å². The molecule has 0 fully saturated rings. The molecule has 0 bridgehead atoms. The number of hydrogen-bond donors (Lipinski definition) is 0. The fourth-order valence-corrected chi connectivity index (χ4v) is 2.49. The number of hydrogen-bond acceptors (Lipinski definition) is 2. The molecule has 0 saturated carbocycles. The van der Waals surface area contributed by atoms with Crippen LogP contribution in [0.2, 0.25) is 0 Å². The molecule has 0 spiro atoms. The van der Waals surface area contributed by atoms with Gasteiger partial charge in [0, 0.05) is 31.2 Å². The molecule has 0 aliphatic heterocycles. The Kier molecular flexibility index (Phi) is 4.80. The summed E-state index contributed by atoms with van der Waals surface area (Å²) in [7, 11) is 2.19. The minimum absolute atomic E-state index is 1.07. The largest absolute Gasteiger partial charge is 0.373 e. The zero-order valence-electron chi connectivity index (χ0n) is 12.3. The number of likely N-dealkylation sites (N-methyl/N-ethyl adjacent to an activating group) is 2. The molecule has 0 atom stereocenters. The highest BCUT2D eigenvalue weighted by molar-refractivity contribution is 5.94. The van der Waals surface area contributed by atoms with Crippen LogP contribution in [0.1, 0.15) is 13.8 Å². The summed E-state index contributed by atoms with van der Waals surface area (Å²) in [4.78, 5) is 4.82. The molecule has 2 nitrogen and oxygen atoms in total. The number of nitrogens with zero attached hydrogens (tertiary/aromatic N) is 2. The van der Waals surface area contributed by atoms with Crippen LogP contribution in [0.3, 0.4) is 0 Å². The van der Waals surface area contributed by atoms with E-state index in [0.29, 0.717) is 0 Å². The van der Waals surface area contributed by atoms with Gasteiger partial charge in [0.25, 0.3) is 0 Å². The Morgan fingerprint density at radius 2 is 1.53 bits per heavy atom. The van der Waals surface area contributed by atoms with Gasteiger partial charge in [0.1, 0.15) is 0 Å². The fourth-order valence-electron chi connectivity index (χ4n) is 2.49. The first-order chi connectivity index (χ1) is 9.26. The summed E-state index contributed by atoms with van der Waals surface area (Å²) in [5.41, 5.74) is 1.32. The van der Waals surface area contributed by atoms with Crippen molar-refractivity contribution >= 4 is 16.5 Å². The smallest absolute Gasteiger partial charge is 0.0443 e. The van der Waals surface area contributed by atoms with Crippen LogP contribution in [0, 0.1) is 0 Å². The minimum atomic E-state index is 1.07. The van der Waals surface area contributed by atoms with Gasteiger partial charge in [0.2, 0.25) is 0 Å². The van der Waals surface area contributed by atoms with E-state index in [9.17, 15) is 0 Å². The highest BCUT2D eigenvalue weighted by Gasteiger charge is 2.07. The molecule has 2 aromatic rings. The van der Waals surface area contributed by atoms with Gasteiger partial charge < -0.3 is 9.80 Å². The first-order valence-corrected chi connectivity index (χ1v) is 7.17. The van der Waals surface area contributed by atoms with E-state index in [4.69, 9.17) is 0 Å². The van der Waals surface area contributed by atoms with E-state index in [1.165, 1.54) is 16.5 Å². The molecule has 102 valence electrons. The van der Waals surface area contributed by atoms with Crippen LogP contribution in [-0.2, 0) is 0 Å². The first-order valence-electron chi connectivity index (χ1n) is 7.17. The third-order valence-corrected chi connectivity index (χ3v) is 3.82. The van der Waals surface area contributed by atoms with Crippen molar-refractivity contribution in [3.05, 3.63) is 42.5 Å². The van der Waals surface area contributed by atoms with E-state index in [-0.39, 0.29) is 0 Å². The van der Waals surface area contributed by atoms with Crippen LogP contribution in [0.4, 0.5) is 5.69 Å². The Hall–Kier alpha value is -1.54. The molecule has 19 heavy (non-hydrogen) atoms. The predicted octanol–water partition coefficient (Wildman–Crippen LogP) is 3.62. The van der Waals surface area contributed by atoms with Gasteiger partial charge in [-0.25, -0.2) is 0 Å². The highest BCUT2D eigenvalue weighted by Crippen LogP contribution is 2.25. The van der Waals surface area contributed by atoms with E-state index in [1.54, 1.807) is 0 Å². The molecule has 0 unspecified atom stereocenters. The maximum atomic E-state index is 2.46. The quantitative estimate of drug-likeness (QED) is 0.779. The molecule has 2 heteroatoms. The second-order valence-electron chi connectivity index (χ2n) is 4.95. The third kappa shape index (κ3) is 3.27. The minimum Gasteiger partial charge on any atom is -0.373 e. The predicted molar refractivity (Wildman–Crippen MR) is 85.0 cm³/mol. The summed E-state index contributed by atoms with van der Waals surface area (Å²) in [6, 6.07) is 15.1. The summed E-state index contributed by atoms with van der Waals surface area (Å²) in [6.07, 6.45) is 0. The standard InChI is InChI=1S/C17H24N2/c1-4-19(5-2)14-13-18(3)17-12-8-10-15-9-6-7-11-16(15)17/h6-12H,4-5,13-14H2,1-3H3. The molecule has 0 aliphatic rings. The number of benzene rings is 2. The molecule has 2 aromatic carbocycles. The van der Waals surface area contributed by atoms with Crippen molar-refractivity contribution in [3.8, 4) is 0 Å². The van der Waals surface area contributed by atoms with Crippen molar-refractivity contribution in [1.82, 2.24) is 4.90 Å². The lowest BCUT2D eigenvalue weighted by Crippen LogP contribution is -2.33. The molecule has 0 N–H and O–H groups in total. The van der Waals surface area contributed by atoms with Crippen LogP contribution in [-0.4, -0.2) is 38.1 Å². The second-order valence-corrected chi connectivity index (χ2v) is 4.95. The van der Waals surface area contributed by atoms with Crippen molar-refractivity contribution in [2.45, 2.75) is 13.8 Å². The van der Waals surface area contributed by atoms with Crippen molar-refractivity contribution in [2.24, 2.45) is 0 Å². The van der Waals surface area contributed by atoms with Crippen molar-refractivity contribution in [2.75, 3.05) is 38.1 Å². The summed E-state index contributed by atoms with van der Waals surface area (Å²) in [5.74, 6) is 0. The van der Waals surface area contributed by atoms with Gasteiger partial charge in [-0.05, 0) is 24.5 Å². The van der Waals surface area contributed by atoms with Gasteiger partial charge in [-0.1, -0.05) is 50.2 Å². The summed E-state index contributed by atoms with van der Waals surface area (Å²) in [5, 5.41) is 2.65. The highest BCUT2D eigenvalue weighted by atomic mass is 15.2. The second kappa shape index (κ2) is 6.58. The lowest BCUT2D eigenvalue weighted by atomic mass is 10.1. The van der Waals surface area contributed by atoms with Crippen molar-refractivity contribution in [1.29, 1.82) is 0 Å².